The third kappa shape index (κ3) is 3.74. The van der Waals surface area contributed by atoms with Crippen LogP contribution in [0.5, 0.6) is 5.75 Å². The molecule has 0 aromatic heterocycles. The van der Waals surface area contributed by atoms with Crippen molar-refractivity contribution in [3.8, 4) is 5.75 Å². The highest BCUT2D eigenvalue weighted by molar-refractivity contribution is 5.75. The molecule has 116 valence electrons. The zero-order valence-electron chi connectivity index (χ0n) is 12.6. The molecule has 1 fully saturated rings. The molecule has 5 heteroatoms. The van der Waals surface area contributed by atoms with Gasteiger partial charge in [0.1, 0.15) is 11.2 Å². The Balaban J connectivity index is 1.98. The van der Waals surface area contributed by atoms with E-state index in [2.05, 4.69) is 5.32 Å². The van der Waals surface area contributed by atoms with Crippen LogP contribution in [0.4, 0.5) is 0 Å². The monoisotopic (exact) mass is 293 g/mol. The molecule has 2 rings (SSSR count). The first-order valence-electron chi connectivity index (χ1n) is 7.23. The van der Waals surface area contributed by atoms with Gasteiger partial charge in [0.15, 0.2) is 0 Å². The van der Waals surface area contributed by atoms with Crippen molar-refractivity contribution in [2.24, 2.45) is 5.41 Å². The van der Waals surface area contributed by atoms with E-state index in [9.17, 15) is 9.90 Å². The second-order valence-corrected chi connectivity index (χ2v) is 5.66. The summed E-state index contributed by atoms with van der Waals surface area (Å²) in [6, 6.07) is 6.01. The highest BCUT2D eigenvalue weighted by atomic mass is 16.5. The fourth-order valence-electron chi connectivity index (χ4n) is 2.67. The average molecular weight is 293 g/mol. The third-order valence-corrected chi connectivity index (χ3v) is 4.00. The lowest BCUT2D eigenvalue weighted by Gasteiger charge is -2.33. The summed E-state index contributed by atoms with van der Waals surface area (Å²) in [6.07, 6.45) is 1.45. The summed E-state index contributed by atoms with van der Waals surface area (Å²) in [6.45, 7) is 3.93. The lowest BCUT2D eigenvalue weighted by Crippen LogP contribution is -2.46. The van der Waals surface area contributed by atoms with Crippen molar-refractivity contribution < 1.29 is 19.4 Å². The van der Waals surface area contributed by atoms with Crippen LogP contribution in [0.3, 0.4) is 0 Å². The van der Waals surface area contributed by atoms with Crippen LogP contribution in [0.1, 0.15) is 24.0 Å². The molecule has 21 heavy (non-hydrogen) atoms. The Labute approximate surface area is 125 Å². The molecule has 0 aliphatic carbocycles. The molecule has 1 unspecified atom stereocenters. The Morgan fingerprint density at radius 3 is 2.95 bits per heavy atom. The summed E-state index contributed by atoms with van der Waals surface area (Å²) in [7, 11) is 1.64. The van der Waals surface area contributed by atoms with Crippen molar-refractivity contribution in [3.63, 3.8) is 0 Å². The number of hydrogen-bond acceptors (Lipinski definition) is 4. The van der Waals surface area contributed by atoms with Gasteiger partial charge in [-0.15, -0.1) is 0 Å². The summed E-state index contributed by atoms with van der Waals surface area (Å²) >= 11 is 0. The minimum Gasteiger partial charge on any atom is -0.496 e. The first-order valence-corrected chi connectivity index (χ1v) is 7.23. The maximum absolute atomic E-state index is 11.5. The molecule has 0 bridgehead atoms. The Bertz CT molecular complexity index is 495. The van der Waals surface area contributed by atoms with E-state index in [1.165, 1.54) is 0 Å². The Morgan fingerprint density at radius 2 is 2.33 bits per heavy atom. The van der Waals surface area contributed by atoms with E-state index in [0.29, 0.717) is 26.1 Å². The second kappa shape index (κ2) is 6.91. The molecular formula is C16H23NO4. The molecule has 1 aromatic rings. The van der Waals surface area contributed by atoms with Crippen molar-refractivity contribution in [3.05, 3.63) is 29.3 Å². The van der Waals surface area contributed by atoms with Gasteiger partial charge in [-0.3, -0.25) is 4.79 Å². The molecule has 1 heterocycles. The third-order valence-electron chi connectivity index (χ3n) is 4.00. The topological polar surface area (TPSA) is 67.8 Å². The van der Waals surface area contributed by atoms with Crippen LogP contribution in [-0.2, 0) is 16.1 Å². The van der Waals surface area contributed by atoms with Gasteiger partial charge in [-0.2, -0.15) is 0 Å². The van der Waals surface area contributed by atoms with Crippen LogP contribution < -0.4 is 10.1 Å². The van der Waals surface area contributed by atoms with Gasteiger partial charge in [0.05, 0.1) is 13.7 Å². The van der Waals surface area contributed by atoms with Crippen molar-refractivity contribution in [2.45, 2.75) is 26.3 Å². The van der Waals surface area contributed by atoms with Crippen LogP contribution >= 0.6 is 0 Å². The van der Waals surface area contributed by atoms with Gasteiger partial charge in [0.25, 0.3) is 0 Å². The number of rotatable bonds is 6. The van der Waals surface area contributed by atoms with Gasteiger partial charge in [0, 0.05) is 25.3 Å². The van der Waals surface area contributed by atoms with E-state index in [1.807, 2.05) is 25.1 Å². The number of hydrogen-bond donors (Lipinski definition) is 2. The first kappa shape index (κ1) is 15.8. The second-order valence-electron chi connectivity index (χ2n) is 5.66. The maximum atomic E-state index is 11.5. The van der Waals surface area contributed by atoms with Gasteiger partial charge in [-0.05, 0) is 31.4 Å². The van der Waals surface area contributed by atoms with Crippen molar-refractivity contribution >= 4 is 5.97 Å². The summed E-state index contributed by atoms with van der Waals surface area (Å²) < 4.78 is 10.7. The van der Waals surface area contributed by atoms with Crippen molar-refractivity contribution in [2.75, 3.05) is 26.9 Å². The van der Waals surface area contributed by atoms with Gasteiger partial charge in [-0.1, -0.05) is 12.1 Å². The fourth-order valence-corrected chi connectivity index (χ4v) is 2.67. The Kier molecular flexibility index (Phi) is 5.20. The fraction of sp³-hybridized carbons (Fsp3) is 0.562. The zero-order chi connectivity index (χ0) is 15.3. The Hall–Kier alpha value is -1.59. The lowest BCUT2D eigenvalue weighted by atomic mass is 9.82. The van der Waals surface area contributed by atoms with E-state index in [-0.39, 0.29) is 6.61 Å². The van der Waals surface area contributed by atoms with Gasteiger partial charge >= 0.3 is 5.97 Å². The summed E-state index contributed by atoms with van der Waals surface area (Å²) in [5.41, 5.74) is 1.36. The van der Waals surface area contributed by atoms with Crippen molar-refractivity contribution in [1.82, 2.24) is 5.32 Å². The molecule has 5 nitrogen and oxygen atoms in total. The highest BCUT2D eigenvalue weighted by Gasteiger charge is 2.40. The number of nitrogens with one attached hydrogen (secondary N) is 1. The molecule has 0 spiro atoms. The van der Waals surface area contributed by atoms with Crippen LogP contribution in [0, 0.1) is 12.3 Å². The van der Waals surface area contributed by atoms with Crippen LogP contribution in [0.2, 0.25) is 0 Å². The van der Waals surface area contributed by atoms with Gasteiger partial charge < -0.3 is 19.9 Å². The molecule has 0 saturated carbocycles. The number of carboxylic acids is 1. The minimum atomic E-state index is -0.809. The molecule has 1 saturated heterocycles. The zero-order valence-corrected chi connectivity index (χ0v) is 12.6. The van der Waals surface area contributed by atoms with Crippen molar-refractivity contribution in [1.29, 1.82) is 0 Å². The SMILES string of the molecule is COc1cc(C)ccc1CNCC1(C(=O)O)CCCOC1. The summed E-state index contributed by atoms with van der Waals surface area (Å²) in [4.78, 5) is 11.5. The van der Waals surface area contributed by atoms with Crippen LogP contribution in [-0.4, -0.2) is 37.9 Å². The molecule has 0 radical (unpaired) electrons. The lowest BCUT2D eigenvalue weighted by molar-refractivity contribution is -0.156. The van der Waals surface area contributed by atoms with Gasteiger partial charge in [-0.25, -0.2) is 0 Å². The predicted molar refractivity (Wildman–Crippen MR) is 79.6 cm³/mol. The molecule has 1 aliphatic heterocycles. The first-order chi connectivity index (χ1) is 10.1. The van der Waals surface area contributed by atoms with E-state index in [1.54, 1.807) is 7.11 Å². The quantitative estimate of drug-likeness (QED) is 0.839. The summed E-state index contributed by atoms with van der Waals surface area (Å²) in [5, 5.41) is 12.7. The van der Waals surface area contributed by atoms with Crippen LogP contribution in [0.25, 0.3) is 0 Å². The van der Waals surface area contributed by atoms with E-state index in [0.717, 1.165) is 23.3 Å². The van der Waals surface area contributed by atoms with Crippen LogP contribution in [0.15, 0.2) is 18.2 Å². The number of aryl methyl sites for hydroxylation is 1. The normalized spacial score (nSPS) is 22.0. The number of aliphatic carboxylic acids is 1. The number of carbonyl (C=O) groups is 1. The molecular weight excluding hydrogens is 270 g/mol. The summed E-state index contributed by atoms with van der Waals surface area (Å²) in [5.74, 6) is 0.0392. The highest BCUT2D eigenvalue weighted by Crippen LogP contribution is 2.28. The smallest absolute Gasteiger partial charge is 0.313 e. The number of carboxylic acid groups (broad SMARTS) is 1. The number of ether oxygens (including phenoxy) is 2. The minimum absolute atomic E-state index is 0.278. The molecule has 0 amide bonds. The van der Waals surface area contributed by atoms with E-state index < -0.39 is 11.4 Å². The average Bonchev–Trinajstić information content (AvgIpc) is 2.49. The standard InChI is InChI=1S/C16H23NO4/c1-12-4-5-13(14(8-12)20-2)9-17-10-16(15(18)19)6-3-7-21-11-16/h4-5,8,17H,3,6-7,9-11H2,1-2H3,(H,18,19). The van der Waals surface area contributed by atoms with E-state index in [4.69, 9.17) is 9.47 Å². The maximum Gasteiger partial charge on any atom is 0.313 e. The number of methoxy groups -OCH3 is 1. The number of benzene rings is 1. The largest absolute Gasteiger partial charge is 0.496 e. The molecule has 1 aliphatic rings. The molecule has 2 N–H and O–H groups in total. The van der Waals surface area contributed by atoms with Gasteiger partial charge in [0.2, 0.25) is 0 Å². The predicted octanol–water partition coefficient (Wildman–Crippen LogP) is 1.97. The Morgan fingerprint density at radius 1 is 1.52 bits per heavy atom. The molecule has 1 atom stereocenters. The molecule has 1 aromatic carbocycles. The van der Waals surface area contributed by atoms with E-state index >= 15 is 0 Å².